The highest BCUT2D eigenvalue weighted by atomic mass is 16.1. The van der Waals surface area contributed by atoms with E-state index in [-0.39, 0.29) is 23.4 Å². The standard InChI is InChI=1S/C21H18O2/c1-3-15-19-14(10-12(2)21(15)23)8-9-17-16-7-5-4-6-13(16)11-18(22)20(17)19/h4-12,15H,3H2,1-2H3. The Bertz CT molecular complexity index is 1060. The number of hydrogen-bond acceptors (Lipinski definition) is 2. The van der Waals surface area contributed by atoms with E-state index >= 15 is 0 Å². The Balaban J connectivity index is 2.24. The smallest absolute Gasteiger partial charge is 0.187 e. The second kappa shape index (κ2) is 5.02. The molecule has 0 bridgehead atoms. The van der Waals surface area contributed by atoms with Gasteiger partial charge in [-0.2, -0.15) is 0 Å². The average molecular weight is 302 g/mol. The highest BCUT2D eigenvalue weighted by Gasteiger charge is 2.31. The summed E-state index contributed by atoms with van der Waals surface area (Å²) in [5.74, 6) is -0.0205. The van der Waals surface area contributed by atoms with E-state index in [0.717, 1.165) is 38.4 Å². The second-order valence-electron chi connectivity index (χ2n) is 6.41. The lowest BCUT2D eigenvalue weighted by atomic mass is 9.76. The van der Waals surface area contributed by atoms with Gasteiger partial charge in [0.2, 0.25) is 0 Å². The molecule has 0 spiro atoms. The SMILES string of the molecule is CCC1C(=O)C(C)C=c2ccc3c(c21)C(=O)C=c1ccccc1=3. The summed E-state index contributed by atoms with van der Waals surface area (Å²) in [4.78, 5) is 25.4. The number of carbonyl (C=O) groups excluding carboxylic acids is 2. The molecule has 2 aliphatic carbocycles. The molecule has 114 valence electrons. The van der Waals surface area contributed by atoms with E-state index in [1.54, 1.807) is 6.08 Å². The van der Waals surface area contributed by atoms with Crippen LogP contribution >= 0.6 is 0 Å². The van der Waals surface area contributed by atoms with Gasteiger partial charge in [-0.15, -0.1) is 0 Å². The largest absolute Gasteiger partial charge is 0.298 e. The number of Topliss-reactive ketones (excluding diaryl/α,β-unsaturated/α-hetero) is 2. The maximum Gasteiger partial charge on any atom is 0.187 e. The highest BCUT2D eigenvalue weighted by molar-refractivity contribution is 6.19. The lowest BCUT2D eigenvalue weighted by Gasteiger charge is -2.25. The first kappa shape index (κ1) is 14.1. The van der Waals surface area contributed by atoms with Gasteiger partial charge in [0.15, 0.2) is 5.78 Å². The van der Waals surface area contributed by atoms with E-state index in [9.17, 15) is 9.59 Å². The fourth-order valence-electron chi connectivity index (χ4n) is 3.94. The van der Waals surface area contributed by atoms with Gasteiger partial charge in [-0.1, -0.05) is 56.3 Å². The summed E-state index contributed by atoms with van der Waals surface area (Å²) in [5.41, 5.74) is 1.66. The van der Waals surface area contributed by atoms with Crippen LogP contribution in [0.1, 0.15) is 42.1 Å². The molecule has 2 aromatic rings. The van der Waals surface area contributed by atoms with Crippen molar-refractivity contribution in [2.45, 2.75) is 26.2 Å². The fraction of sp³-hybridized carbons (Fsp3) is 0.238. The third-order valence-corrected chi connectivity index (χ3v) is 5.04. The van der Waals surface area contributed by atoms with Gasteiger partial charge in [0.1, 0.15) is 5.78 Å². The van der Waals surface area contributed by atoms with Crippen molar-refractivity contribution < 1.29 is 9.59 Å². The van der Waals surface area contributed by atoms with Crippen molar-refractivity contribution in [3.63, 3.8) is 0 Å². The molecule has 0 aliphatic heterocycles. The number of rotatable bonds is 1. The normalized spacial score (nSPS) is 21.7. The molecule has 4 rings (SSSR count). The lowest BCUT2D eigenvalue weighted by molar-refractivity contribution is -0.122. The number of ketones is 2. The van der Waals surface area contributed by atoms with Crippen molar-refractivity contribution in [2.75, 3.05) is 0 Å². The molecule has 2 aromatic carbocycles. The van der Waals surface area contributed by atoms with Crippen molar-refractivity contribution in [1.82, 2.24) is 0 Å². The Morgan fingerprint density at radius 2 is 1.74 bits per heavy atom. The highest BCUT2D eigenvalue weighted by Crippen LogP contribution is 2.30. The number of hydrogen-bond donors (Lipinski definition) is 0. The lowest BCUT2D eigenvalue weighted by Crippen LogP contribution is -2.33. The zero-order valence-corrected chi connectivity index (χ0v) is 13.3. The molecule has 2 heteroatoms. The zero-order valence-electron chi connectivity index (χ0n) is 13.3. The minimum atomic E-state index is -0.178. The maximum atomic E-state index is 12.8. The van der Waals surface area contributed by atoms with Crippen LogP contribution in [0.15, 0.2) is 36.4 Å². The predicted molar refractivity (Wildman–Crippen MR) is 90.3 cm³/mol. The van der Waals surface area contributed by atoms with Gasteiger partial charge in [0, 0.05) is 17.4 Å². The van der Waals surface area contributed by atoms with E-state index in [4.69, 9.17) is 0 Å². The van der Waals surface area contributed by atoms with E-state index in [1.165, 1.54) is 0 Å². The molecule has 0 heterocycles. The van der Waals surface area contributed by atoms with Crippen LogP contribution in [-0.4, -0.2) is 11.6 Å². The van der Waals surface area contributed by atoms with Crippen LogP contribution in [0.5, 0.6) is 0 Å². The Hall–Kier alpha value is -2.48. The van der Waals surface area contributed by atoms with Gasteiger partial charge in [-0.25, -0.2) is 0 Å². The third-order valence-electron chi connectivity index (χ3n) is 5.04. The molecule has 23 heavy (non-hydrogen) atoms. The van der Waals surface area contributed by atoms with Gasteiger partial charge in [0.25, 0.3) is 0 Å². The average Bonchev–Trinajstić information content (AvgIpc) is 2.56. The minimum Gasteiger partial charge on any atom is -0.298 e. The Morgan fingerprint density at radius 1 is 0.957 bits per heavy atom. The van der Waals surface area contributed by atoms with Crippen molar-refractivity contribution in [1.29, 1.82) is 0 Å². The summed E-state index contributed by atoms with van der Waals surface area (Å²) < 4.78 is 0. The topological polar surface area (TPSA) is 34.1 Å². The molecule has 2 unspecified atom stereocenters. The summed E-state index contributed by atoms with van der Waals surface area (Å²) in [7, 11) is 0. The first-order valence-corrected chi connectivity index (χ1v) is 8.15. The Kier molecular flexibility index (Phi) is 3.08. The van der Waals surface area contributed by atoms with Crippen LogP contribution in [-0.2, 0) is 4.79 Å². The quantitative estimate of drug-likeness (QED) is 0.811. The molecule has 2 aliphatic rings. The summed E-state index contributed by atoms with van der Waals surface area (Å²) in [5, 5.41) is 4.04. The van der Waals surface area contributed by atoms with Crippen molar-refractivity contribution in [2.24, 2.45) is 5.92 Å². The van der Waals surface area contributed by atoms with E-state index in [0.29, 0.717) is 0 Å². The van der Waals surface area contributed by atoms with Gasteiger partial charge in [-0.05, 0) is 38.9 Å². The first-order valence-electron chi connectivity index (χ1n) is 8.15. The molecule has 2 atom stereocenters. The molecule has 0 aromatic heterocycles. The summed E-state index contributed by atoms with van der Waals surface area (Å²) >= 11 is 0. The Labute approximate surface area is 134 Å². The maximum absolute atomic E-state index is 12.8. The van der Waals surface area contributed by atoms with Crippen LogP contribution in [0.3, 0.4) is 0 Å². The van der Waals surface area contributed by atoms with Crippen molar-refractivity contribution in [3.05, 3.63) is 68.4 Å². The molecule has 0 fully saturated rings. The summed E-state index contributed by atoms with van der Waals surface area (Å²) in [6, 6.07) is 12.0. The van der Waals surface area contributed by atoms with E-state index < -0.39 is 0 Å². The van der Waals surface area contributed by atoms with Crippen LogP contribution in [0, 0.1) is 16.4 Å². The molecule has 0 saturated heterocycles. The molecule has 0 radical (unpaired) electrons. The zero-order chi connectivity index (χ0) is 16.1. The molecule has 0 saturated carbocycles. The van der Waals surface area contributed by atoms with Gasteiger partial charge < -0.3 is 0 Å². The first-order chi connectivity index (χ1) is 11.1. The monoisotopic (exact) mass is 302 g/mol. The van der Waals surface area contributed by atoms with Gasteiger partial charge in [0.05, 0.1) is 0 Å². The molecule has 2 nitrogen and oxygen atoms in total. The number of benzene rings is 2. The van der Waals surface area contributed by atoms with E-state index in [1.807, 2.05) is 50.3 Å². The van der Waals surface area contributed by atoms with Crippen LogP contribution in [0.2, 0.25) is 0 Å². The molecule has 0 amide bonds. The number of fused-ring (bicyclic) bond motifs is 4. The second-order valence-corrected chi connectivity index (χ2v) is 6.41. The van der Waals surface area contributed by atoms with Gasteiger partial charge in [-0.3, -0.25) is 9.59 Å². The third kappa shape index (κ3) is 1.94. The van der Waals surface area contributed by atoms with Crippen LogP contribution in [0.25, 0.3) is 12.2 Å². The van der Waals surface area contributed by atoms with Crippen LogP contribution in [0.4, 0.5) is 0 Å². The van der Waals surface area contributed by atoms with E-state index in [2.05, 4.69) is 6.07 Å². The molecular formula is C21H18O2. The number of carbonyl (C=O) groups is 2. The Morgan fingerprint density at radius 3 is 2.52 bits per heavy atom. The predicted octanol–water partition coefficient (Wildman–Crippen LogP) is 2.44. The van der Waals surface area contributed by atoms with Crippen molar-refractivity contribution in [3.8, 4) is 0 Å². The van der Waals surface area contributed by atoms with Crippen LogP contribution < -0.4 is 10.4 Å². The molecular weight excluding hydrogens is 284 g/mol. The van der Waals surface area contributed by atoms with Gasteiger partial charge >= 0.3 is 0 Å². The molecule has 0 N–H and O–H groups in total. The minimum absolute atomic E-state index is 0.0183. The fourth-order valence-corrected chi connectivity index (χ4v) is 3.94. The summed E-state index contributed by atoms with van der Waals surface area (Å²) in [6.07, 6.45) is 4.43. The van der Waals surface area contributed by atoms with Crippen molar-refractivity contribution >= 4 is 23.7 Å². The summed E-state index contributed by atoms with van der Waals surface area (Å²) in [6.45, 7) is 3.96.